The van der Waals surface area contributed by atoms with Crippen molar-refractivity contribution in [1.82, 2.24) is 10.2 Å². The first-order valence-electron chi connectivity index (χ1n) is 6.63. The SMILES string of the molecule is O=C(c1ccc(Cl)c(Br)c1)N1CCCC2CNCC21. The van der Waals surface area contributed by atoms with Crippen molar-refractivity contribution in [3.05, 3.63) is 33.3 Å². The standard InChI is InChI=1S/C14H16BrClN2O/c15-11-6-9(3-4-12(11)16)14(19)18-5-1-2-10-7-17-8-13(10)18/h3-4,6,10,13,17H,1-2,5,7-8H2. The fraction of sp³-hybridized carbons (Fsp3) is 0.500. The van der Waals surface area contributed by atoms with Crippen LogP contribution in [0.3, 0.4) is 0 Å². The van der Waals surface area contributed by atoms with E-state index in [4.69, 9.17) is 11.6 Å². The molecule has 19 heavy (non-hydrogen) atoms. The van der Waals surface area contributed by atoms with E-state index in [0.29, 0.717) is 22.5 Å². The van der Waals surface area contributed by atoms with Crippen LogP contribution >= 0.6 is 27.5 Å². The van der Waals surface area contributed by atoms with Crippen molar-refractivity contribution < 1.29 is 4.79 Å². The molecular formula is C14H16BrClN2O. The van der Waals surface area contributed by atoms with Gasteiger partial charge in [-0.2, -0.15) is 0 Å². The zero-order valence-corrected chi connectivity index (χ0v) is 12.9. The van der Waals surface area contributed by atoms with E-state index >= 15 is 0 Å². The van der Waals surface area contributed by atoms with Gasteiger partial charge in [0, 0.05) is 35.7 Å². The van der Waals surface area contributed by atoms with Crippen molar-refractivity contribution in [2.75, 3.05) is 19.6 Å². The van der Waals surface area contributed by atoms with Crippen LogP contribution in [0.4, 0.5) is 0 Å². The predicted molar refractivity (Wildman–Crippen MR) is 79.6 cm³/mol. The first-order chi connectivity index (χ1) is 9.16. The number of amides is 1. The number of likely N-dealkylation sites (tertiary alicyclic amines) is 1. The maximum absolute atomic E-state index is 12.6. The average molecular weight is 344 g/mol. The largest absolute Gasteiger partial charge is 0.334 e. The van der Waals surface area contributed by atoms with Gasteiger partial charge in [0.15, 0.2) is 0 Å². The third kappa shape index (κ3) is 2.54. The smallest absolute Gasteiger partial charge is 0.254 e. The summed E-state index contributed by atoms with van der Waals surface area (Å²) in [6.45, 7) is 2.83. The van der Waals surface area contributed by atoms with Crippen LogP contribution in [0.15, 0.2) is 22.7 Å². The lowest BCUT2D eigenvalue weighted by atomic mass is 9.91. The van der Waals surface area contributed by atoms with Gasteiger partial charge in [-0.05, 0) is 52.9 Å². The van der Waals surface area contributed by atoms with Crippen LogP contribution in [0.2, 0.25) is 5.02 Å². The molecule has 1 N–H and O–H groups in total. The second kappa shape index (κ2) is 5.43. The summed E-state index contributed by atoms with van der Waals surface area (Å²) in [6, 6.07) is 5.75. The van der Waals surface area contributed by atoms with Gasteiger partial charge in [-0.15, -0.1) is 0 Å². The highest BCUT2D eigenvalue weighted by atomic mass is 79.9. The summed E-state index contributed by atoms with van der Waals surface area (Å²) in [5.74, 6) is 0.740. The Labute approximate surface area is 126 Å². The molecule has 0 aliphatic carbocycles. The third-order valence-electron chi connectivity index (χ3n) is 4.11. The molecule has 2 aliphatic rings. The van der Waals surface area contributed by atoms with Crippen molar-refractivity contribution in [3.8, 4) is 0 Å². The van der Waals surface area contributed by atoms with E-state index in [9.17, 15) is 4.79 Å². The topological polar surface area (TPSA) is 32.3 Å². The van der Waals surface area contributed by atoms with Gasteiger partial charge in [0.2, 0.25) is 0 Å². The van der Waals surface area contributed by atoms with Gasteiger partial charge in [0.25, 0.3) is 5.91 Å². The normalized spacial score (nSPS) is 26.3. The van der Waals surface area contributed by atoms with Crippen LogP contribution < -0.4 is 5.32 Å². The van der Waals surface area contributed by atoms with Crippen LogP contribution in [0.1, 0.15) is 23.2 Å². The Morgan fingerprint density at radius 2 is 2.26 bits per heavy atom. The van der Waals surface area contributed by atoms with Crippen molar-refractivity contribution in [2.45, 2.75) is 18.9 Å². The third-order valence-corrected chi connectivity index (χ3v) is 5.32. The van der Waals surface area contributed by atoms with Gasteiger partial charge in [-0.3, -0.25) is 4.79 Å². The maximum atomic E-state index is 12.6. The molecule has 0 spiro atoms. The lowest BCUT2D eigenvalue weighted by molar-refractivity contribution is 0.0574. The zero-order chi connectivity index (χ0) is 13.4. The molecule has 0 saturated carbocycles. The number of carbonyl (C=O) groups is 1. The fourth-order valence-electron chi connectivity index (χ4n) is 3.12. The van der Waals surface area contributed by atoms with Gasteiger partial charge >= 0.3 is 0 Å². The minimum absolute atomic E-state index is 0.121. The zero-order valence-electron chi connectivity index (χ0n) is 10.5. The first-order valence-corrected chi connectivity index (χ1v) is 7.80. The van der Waals surface area contributed by atoms with Gasteiger partial charge in [-0.1, -0.05) is 11.6 Å². The second-order valence-corrected chi connectivity index (χ2v) is 6.52. The van der Waals surface area contributed by atoms with E-state index in [1.807, 2.05) is 11.0 Å². The lowest BCUT2D eigenvalue weighted by Gasteiger charge is -2.37. The number of nitrogens with one attached hydrogen (secondary N) is 1. The molecule has 2 fully saturated rings. The summed E-state index contributed by atoms with van der Waals surface area (Å²) < 4.78 is 0.776. The molecule has 0 radical (unpaired) electrons. The Hall–Kier alpha value is -0.580. The van der Waals surface area contributed by atoms with E-state index in [-0.39, 0.29) is 5.91 Å². The second-order valence-electron chi connectivity index (χ2n) is 5.26. The Morgan fingerprint density at radius 3 is 3.05 bits per heavy atom. The number of hydrogen-bond donors (Lipinski definition) is 1. The van der Waals surface area contributed by atoms with E-state index < -0.39 is 0 Å². The number of halogens is 2. The van der Waals surface area contributed by atoms with Crippen molar-refractivity contribution in [2.24, 2.45) is 5.92 Å². The molecule has 0 aromatic heterocycles. The maximum Gasteiger partial charge on any atom is 0.254 e. The van der Waals surface area contributed by atoms with Crippen LogP contribution in [-0.2, 0) is 0 Å². The van der Waals surface area contributed by atoms with E-state index in [1.165, 1.54) is 6.42 Å². The molecule has 1 amide bonds. The van der Waals surface area contributed by atoms with Crippen LogP contribution in [0, 0.1) is 5.92 Å². The molecule has 0 bridgehead atoms. The lowest BCUT2D eigenvalue weighted by Crippen LogP contribution is -2.48. The molecule has 2 unspecified atom stereocenters. The fourth-order valence-corrected chi connectivity index (χ4v) is 3.61. The van der Waals surface area contributed by atoms with Gasteiger partial charge < -0.3 is 10.2 Å². The molecule has 1 aromatic rings. The molecule has 2 atom stereocenters. The van der Waals surface area contributed by atoms with Crippen molar-refractivity contribution in [3.63, 3.8) is 0 Å². The number of carbonyl (C=O) groups excluding carboxylic acids is 1. The highest BCUT2D eigenvalue weighted by Crippen LogP contribution is 2.29. The number of rotatable bonds is 1. The summed E-state index contributed by atoms with van der Waals surface area (Å²) in [7, 11) is 0. The van der Waals surface area contributed by atoms with E-state index in [1.54, 1.807) is 12.1 Å². The molecular weight excluding hydrogens is 328 g/mol. The number of benzene rings is 1. The molecule has 2 aliphatic heterocycles. The number of hydrogen-bond acceptors (Lipinski definition) is 2. The molecule has 3 nitrogen and oxygen atoms in total. The summed E-state index contributed by atoms with van der Waals surface area (Å²) >= 11 is 9.36. The number of piperidine rings is 1. The van der Waals surface area contributed by atoms with Crippen molar-refractivity contribution in [1.29, 1.82) is 0 Å². The minimum Gasteiger partial charge on any atom is -0.334 e. The summed E-state index contributed by atoms with van der Waals surface area (Å²) in [5.41, 5.74) is 0.712. The minimum atomic E-state index is 0.121. The molecule has 3 rings (SSSR count). The Kier molecular flexibility index (Phi) is 3.83. The van der Waals surface area contributed by atoms with Gasteiger partial charge in [-0.25, -0.2) is 0 Å². The highest BCUT2D eigenvalue weighted by Gasteiger charge is 2.37. The summed E-state index contributed by atoms with van der Waals surface area (Å²) in [6.07, 6.45) is 2.33. The number of nitrogens with zero attached hydrogens (tertiary/aromatic N) is 1. The van der Waals surface area contributed by atoms with Crippen LogP contribution in [-0.4, -0.2) is 36.5 Å². The van der Waals surface area contributed by atoms with Gasteiger partial charge in [0.1, 0.15) is 0 Å². The quantitative estimate of drug-likeness (QED) is 0.850. The molecule has 1 aromatic carbocycles. The van der Waals surface area contributed by atoms with Crippen LogP contribution in [0.5, 0.6) is 0 Å². The monoisotopic (exact) mass is 342 g/mol. The molecule has 102 valence electrons. The average Bonchev–Trinajstić information content (AvgIpc) is 2.89. The Morgan fingerprint density at radius 1 is 1.42 bits per heavy atom. The summed E-state index contributed by atoms with van der Waals surface area (Å²) in [5, 5.41) is 4.03. The molecule has 5 heteroatoms. The predicted octanol–water partition coefficient (Wildman–Crippen LogP) is 2.93. The molecule has 2 heterocycles. The van der Waals surface area contributed by atoms with Gasteiger partial charge in [0.05, 0.1) is 5.02 Å². The Bertz CT molecular complexity index is 508. The molecule has 2 saturated heterocycles. The number of fused-ring (bicyclic) bond motifs is 1. The van der Waals surface area contributed by atoms with Crippen molar-refractivity contribution >= 4 is 33.4 Å². The van der Waals surface area contributed by atoms with E-state index in [0.717, 1.165) is 30.5 Å². The first kappa shape index (κ1) is 13.4. The highest BCUT2D eigenvalue weighted by molar-refractivity contribution is 9.10. The van der Waals surface area contributed by atoms with E-state index in [2.05, 4.69) is 21.2 Å². The van der Waals surface area contributed by atoms with Crippen LogP contribution in [0.25, 0.3) is 0 Å². The Balaban J connectivity index is 1.84. The summed E-state index contributed by atoms with van der Waals surface area (Å²) in [4.78, 5) is 14.7.